The highest BCUT2D eigenvalue weighted by Gasteiger charge is 2.15. The Kier molecular flexibility index (Phi) is 4.22. The molecule has 2 N–H and O–H groups in total. The number of rotatable bonds is 3. The van der Waals surface area contributed by atoms with E-state index >= 15 is 0 Å². The van der Waals surface area contributed by atoms with Crippen molar-refractivity contribution in [3.05, 3.63) is 54.5 Å². The summed E-state index contributed by atoms with van der Waals surface area (Å²) in [6, 6.07) is 8.04. The molecule has 0 radical (unpaired) electrons. The molecular formula is C16H16IN3OS. The van der Waals surface area contributed by atoms with Crippen molar-refractivity contribution in [1.29, 1.82) is 0 Å². The molecule has 0 aliphatic rings. The number of hydrogen-bond donors (Lipinski definition) is 2. The van der Waals surface area contributed by atoms with Crippen LogP contribution in [0.4, 0.5) is 5.69 Å². The van der Waals surface area contributed by atoms with Crippen molar-refractivity contribution >= 4 is 49.8 Å². The molecule has 0 aliphatic heterocycles. The number of aromatic nitrogens is 2. The Hall–Kier alpha value is -1.41. The van der Waals surface area contributed by atoms with Gasteiger partial charge in [-0.3, -0.25) is 4.79 Å². The van der Waals surface area contributed by atoms with Gasteiger partial charge in [-0.15, -0.1) is 11.3 Å². The quantitative estimate of drug-likeness (QED) is 0.613. The maximum atomic E-state index is 12.3. The molecule has 1 atom stereocenters. The maximum absolute atomic E-state index is 12.3. The van der Waals surface area contributed by atoms with Gasteiger partial charge in [0.1, 0.15) is 10.7 Å². The van der Waals surface area contributed by atoms with Crippen molar-refractivity contribution in [1.82, 2.24) is 9.97 Å². The van der Waals surface area contributed by atoms with E-state index in [9.17, 15) is 4.79 Å². The van der Waals surface area contributed by atoms with E-state index in [-0.39, 0.29) is 11.6 Å². The molecule has 114 valence electrons. The minimum absolute atomic E-state index is 0.0573. The zero-order chi connectivity index (χ0) is 15.9. The Morgan fingerprint density at radius 1 is 1.36 bits per heavy atom. The van der Waals surface area contributed by atoms with Gasteiger partial charge in [0.15, 0.2) is 0 Å². The smallest absolute Gasteiger partial charge is 0.259 e. The monoisotopic (exact) mass is 425 g/mol. The minimum Gasteiger partial charge on any atom is -0.375 e. The lowest BCUT2D eigenvalue weighted by molar-refractivity contribution is 0.792. The van der Waals surface area contributed by atoms with Gasteiger partial charge in [0.25, 0.3) is 5.56 Å². The second-order valence-electron chi connectivity index (χ2n) is 5.29. The number of aryl methyl sites for hydroxylation is 2. The van der Waals surface area contributed by atoms with Crippen LogP contribution in [0.25, 0.3) is 10.2 Å². The van der Waals surface area contributed by atoms with Gasteiger partial charge in [-0.05, 0) is 67.1 Å². The Bertz CT molecular complexity index is 900. The van der Waals surface area contributed by atoms with Crippen LogP contribution in [-0.2, 0) is 0 Å². The number of thiophene rings is 1. The summed E-state index contributed by atoms with van der Waals surface area (Å²) in [5, 5.41) is 4.09. The molecule has 6 heteroatoms. The number of hydrogen-bond acceptors (Lipinski definition) is 4. The van der Waals surface area contributed by atoms with Gasteiger partial charge >= 0.3 is 0 Å². The van der Waals surface area contributed by atoms with Crippen LogP contribution >= 0.6 is 33.9 Å². The number of aromatic amines is 1. The van der Waals surface area contributed by atoms with Crippen molar-refractivity contribution in [3.8, 4) is 0 Å². The molecule has 3 aromatic rings. The molecule has 0 spiro atoms. The van der Waals surface area contributed by atoms with E-state index < -0.39 is 0 Å². The number of nitrogens with one attached hydrogen (secondary N) is 2. The molecule has 0 bridgehead atoms. The zero-order valence-corrected chi connectivity index (χ0v) is 15.5. The van der Waals surface area contributed by atoms with Gasteiger partial charge in [-0.2, -0.15) is 0 Å². The van der Waals surface area contributed by atoms with Crippen molar-refractivity contribution in [2.75, 3.05) is 5.32 Å². The van der Waals surface area contributed by atoms with Gasteiger partial charge in [0.2, 0.25) is 0 Å². The number of anilines is 1. The minimum atomic E-state index is -0.0713. The molecule has 2 aromatic heterocycles. The maximum Gasteiger partial charge on any atom is 0.259 e. The number of fused-ring (bicyclic) bond motifs is 1. The standard InChI is InChI=1S/C16H16IN3OS/c1-8-10(3)22-16-13(8)15(21)19-14(20-16)9(2)18-12-6-4-5-11(17)7-12/h4-7,9,18H,1-3H3,(H,19,20,21). The fourth-order valence-corrected chi connectivity index (χ4v) is 3.95. The molecular weight excluding hydrogens is 409 g/mol. The number of H-pyrrole nitrogens is 1. The van der Waals surface area contributed by atoms with Gasteiger partial charge in [0.05, 0.1) is 11.4 Å². The highest BCUT2D eigenvalue weighted by molar-refractivity contribution is 14.1. The number of benzene rings is 1. The number of nitrogens with zero attached hydrogens (tertiary/aromatic N) is 1. The molecule has 1 unspecified atom stereocenters. The van der Waals surface area contributed by atoms with E-state index in [1.54, 1.807) is 11.3 Å². The first-order valence-electron chi connectivity index (χ1n) is 6.97. The van der Waals surface area contributed by atoms with E-state index in [1.807, 2.05) is 39.0 Å². The van der Waals surface area contributed by atoms with Gasteiger partial charge < -0.3 is 10.3 Å². The average molecular weight is 425 g/mol. The number of halogens is 1. The zero-order valence-electron chi connectivity index (χ0n) is 12.5. The van der Waals surface area contributed by atoms with Gasteiger partial charge in [-0.1, -0.05) is 6.07 Å². The molecule has 3 rings (SSSR count). The summed E-state index contributed by atoms with van der Waals surface area (Å²) >= 11 is 3.85. The van der Waals surface area contributed by atoms with Gasteiger partial charge in [-0.25, -0.2) is 4.98 Å². The highest BCUT2D eigenvalue weighted by atomic mass is 127. The average Bonchev–Trinajstić information content (AvgIpc) is 2.74. The second-order valence-corrected chi connectivity index (χ2v) is 7.74. The van der Waals surface area contributed by atoms with Crippen LogP contribution in [0.5, 0.6) is 0 Å². The molecule has 0 fully saturated rings. The third kappa shape index (κ3) is 2.89. The highest BCUT2D eigenvalue weighted by Crippen LogP contribution is 2.27. The third-order valence-corrected chi connectivity index (χ3v) is 5.45. The van der Waals surface area contributed by atoms with Crippen LogP contribution in [-0.4, -0.2) is 9.97 Å². The lowest BCUT2D eigenvalue weighted by atomic mass is 10.2. The molecule has 0 aliphatic carbocycles. The van der Waals surface area contributed by atoms with E-state index in [2.05, 4.69) is 43.9 Å². The first-order chi connectivity index (χ1) is 10.5. The van der Waals surface area contributed by atoms with E-state index in [4.69, 9.17) is 0 Å². The summed E-state index contributed by atoms with van der Waals surface area (Å²) < 4.78 is 1.16. The Morgan fingerprint density at radius 3 is 2.86 bits per heavy atom. The second kappa shape index (κ2) is 6.00. The van der Waals surface area contributed by atoms with E-state index in [0.717, 1.165) is 24.5 Å². The van der Waals surface area contributed by atoms with Crippen molar-refractivity contribution in [3.63, 3.8) is 0 Å². The molecule has 0 saturated carbocycles. The Morgan fingerprint density at radius 2 is 2.14 bits per heavy atom. The van der Waals surface area contributed by atoms with Crippen molar-refractivity contribution < 1.29 is 0 Å². The summed E-state index contributed by atoms with van der Waals surface area (Å²) in [5.41, 5.74) is 1.98. The third-order valence-electron chi connectivity index (χ3n) is 3.68. The SMILES string of the molecule is Cc1sc2nc(C(C)Nc3cccc(I)c3)[nH]c(=O)c2c1C. The van der Waals surface area contributed by atoms with E-state index in [1.165, 1.54) is 0 Å². The predicted octanol–water partition coefficient (Wildman–Crippen LogP) is 4.38. The van der Waals surface area contributed by atoms with Crippen LogP contribution in [0.1, 0.15) is 29.2 Å². The van der Waals surface area contributed by atoms with Crippen molar-refractivity contribution in [2.24, 2.45) is 0 Å². The van der Waals surface area contributed by atoms with Crippen LogP contribution in [0.2, 0.25) is 0 Å². The molecule has 0 amide bonds. The summed E-state index contributed by atoms with van der Waals surface area (Å²) in [6.45, 7) is 5.99. The Balaban J connectivity index is 1.97. The van der Waals surface area contributed by atoms with Crippen LogP contribution in [0.3, 0.4) is 0 Å². The molecule has 4 nitrogen and oxygen atoms in total. The topological polar surface area (TPSA) is 57.8 Å². The lowest BCUT2D eigenvalue weighted by Crippen LogP contribution is -2.17. The summed E-state index contributed by atoms with van der Waals surface area (Å²) in [7, 11) is 0. The van der Waals surface area contributed by atoms with Gasteiger partial charge in [0, 0.05) is 14.1 Å². The van der Waals surface area contributed by atoms with Crippen LogP contribution in [0, 0.1) is 17.4 Å². The lowest BCUT2D eigenvalue weighted by Gasteiger charge is -2.14. The van der Waals surface area contributed by atoms with Crippen LogP contribution < -0.4 is 10.9 Å². The molecule has 22 heavy (non-hydrogen) atoms. The predicted molar refractivity (Wildman–Crippen MR) is 101 cm³/mol. The summed E-state index contributed by atoms with van der Waals surface area (Å²) in [4.78, 5) is 21.8. The fraction of sp³-hybridized carbons (Fsp3) is 0.250. The first-order valence-corrected chi connectivity index (χ1v) is 8.87. The summed E-state index contributed by atoms with van der Waals surface area (Å²) in [6.07, 6.45) is 0. The molecule has 1 aromatic carbocycles. The van der Waals surface area contributed by atoms with E-state index in [0.29, 0.717) is 11.2 Å². The molecule has 2 heterocycles. The Labute approximate surface area is 146 Å². The van der Waals surface area contributed by atoms with Crippen LogP contribution in [0.15, 0.2) is 29.1 Å². The normalized spacial score (nSPS) is 12.5. The molecule has 0 saturated heterocycles. The summed E-state index contributed by atoms with van der Waals surface area (Å²) in [5.74, 6) is 0.664. The largest absolute Gasteiger partial charge is 0.375 e. The fourth-order valence-electron chi connectivity index (χ4n) is 2.37. The van der Waals surface area contributed by atoms with Crippen molar-refractivity contribution in [2.45, 2.75) is 26.8 Å². The first kappa shape index (κ1) is 15.5.